The summed E-state index contributed by atoms with van der Waals surface area (Å²) < 4.78 is 7.39. The second-order valence-electron chi connectivity index (χ2n) is 7.71. The lowest BCUT2D eigenvalue weighted by Crippen LogP contribution is -2.34. The number of hydrogen-bond acceptors (Lipinski definition) is 3. The third kappa shape index (κ3) is 3.93. The second kappa shape index (κ2) is 7.00. The van der Waals surface area contributed by atoms with Crippen molar-refractivity contribution in [3.8, 4) is 0 Å². The molecule has 2 aromatic rings. The Labute approximate surface area is 148 Å². The first-order chi connectivity index (χ1) is 11.9. The molecule has 2 heterocycles. The zero-order chi connectivity index (χ0) is 18.0. The maximum Gasteiger partial charge on any atom is 0.240 e. The second-order valence-corrected chi connectivity index (χ2v) is 7.71. The van der Waals surface area contributed by atoms with Gasteiger partial charge in [-0.2, -0.15) is 0 Å². The molecule has 5 heteroatoms. The summed E-state index contributed by atoms with van der Waals surface area (Å²) in [5.74, 6) is 0.0215. The topological polar surface area (TPSA) is 60.3 Å². The lowest BCUT2D eigenvalue weighted by atomic mass is 9.86. The number of amides is 1. The van der Waals surface area contributed by atoms with Gasteiger partial charge in [-0.3, -0.25) is 9.59 Å². The van der Waals surface area contributed by atoms with Crippen LogP contribution in [-0.2, 0) is 16.1 Å². The number of nitrogens with zero attached hydrogens (tertiary/aromatic N) is 1. The molecule has 3 rings (SSSR count). The number of benzene rings is 1. The first kappa shape index (κ1) is 17.7. The molecule has 25 heavy (non-hydrogen) atoms. The van der Waals surface area contributed by atoms with Crippen molar-refractivity contribution in [3.05, 3.63) is 36.0 Å². The lowest BCUT2D eigenvalue weighted by Gasteiger charge is -2.15. The predicted molar refractivity (Wildman–Crippen MR) is 97.7 cm³/mol. The molecule has 1 amide bonds. The first-order valence-corrected chi connectivity index (χ1v) is 8.87. The lowest BCUT2D eigenvalue weighted by molar-refractivity contribution is -0.122. The van der Waals surface area contributed by atoms with Gasteiger partial charge in [-0.1, -0.05) is 39.0 Å². The van der Waals surface area contributed by atoms with E-state index in [0.29, 0.717) is 12.1 Å². The highest BCUT2D eigenvalue weighted by atomic mass is 16.5. The fourth-order valence-electron chi connectivity index (χ4n) is 3.21. The molecule has 134 valence electrons. The van der Waals surface area contributed by atoms with Gasteiger partial charge in [-0.05, 0) is 18.9 Å². The smallest absolute Gasteiger partial charge is 0.240 e. The summed E-state index contributed by atoms with van der Waals surface area (Å²) in [4.78, 5) is 25.1. The Morgan fingerprint density at radius 1 is 1.28 bits per heavy atom. The number of Topliss-reactive ketones (excluding diaryl/α,β-unsaturated/α-hetero) is 1. The number of rotatable bonds is 5. The number of aromatic nitrogens is 1. The molecule has 0 radical (unpaired) electrons. The number of para-hydroxylation sites is 1. The summed E-state index contributed by atoms with van der Waals surface area (Å²) in [6.45, 7) is 7.26. The van der Waals surface area contributed by atoms with Crippen LogP contribution in [0.25, 0.3) is 10.9 Å². The van der Waals surface area contributed by atoms with Gasteiger partial charge in [0.15, 0.2) is 5.78 Å². The summed E-state index contributed by atoms with van der Waals surface area (Å²) in [7, 11) is 0. The molecule has 1 aliphatic rings. The van der Waals surface area contributed by atoms with E-state index < -0.39 is 5.41 Å². The van der Waals surface area contributed by atoms with Gasteiger partial charge in [0.2, 0.25) is 5.91 Å². The fraction of sp³-hybridized carbons (Fsp3) is 0.500. The summed E-state index contributed by atoms with van der Waals surface area (Å²) >= 11 is 0. The summed E-state index contributed by atoms with van der Waals surface area (Å²) in [5.41, 5.74) is 1.12. The molecule has 1 fully saturated rings. The fourth-order valence-corrected chi connectivity index (χ4v) is 3.21. The Bertz CT molecular complexity index is 780. The van der Waals surface area contributed by atoms with Crippen molar-refractivity contribution in [1.29, 1.82) is 0 Å². The van der Waals surface area contributed by atoms with Crippen molar-refractivity contribution >= 4 is 22.6 Å². The Morgan fingerprint density at radius 2 is 2.04 bits per heavy atom. The Balaban J connectivity index is 1.79. The molecule has 0 aliphatic carbocycles. The highest BCUT2D eigenvalue weighted by Gasteiger charge is 2.26. The van der Waals surface area contributed by atoms with Gasteiger partial charge in [0.1, 0.15) is 6.54 Å². The van der Waals surface area contributed by atoms with Crippen LogP contribution in [0.3, 0.4) is 0 Å². The van der Waals surface area contributed by atoms with Crippen LogP contribution in [0, 0.1) is 5.41 Å². The van der Waals surface area contributed by atoms with E-state index in [4.69, 9.17) is 4.74 Å². The number of nitrogens with one attached hydrogen (secondary N) is 1. The SMILES string of the molecule is CC(C)(C)C(=O)c1cn(CC(=O)NC[C@@H]2CCCO2)c2ccccc12. The van der Waals surface area contributed by atoms with Crippen molar-refractivity contribution < 1.29 is 14.3 Å². The summed E-state index contributed by atoms with van der Waals surface area (Å²) in [6.07, 6.45) is 3.99. The van der Waals surface area contributed by atoms with Crippen molar-refractivity contribution in [2.24, 2.45) is 5.41 Å². The third-order valence-electron chi connectivity index (χ3n) is 4.58. The minimum atomic E-state index is -0.461. The van der Waals surface area contributed by atoms with Crippen molar-refractivity contribution in [2.75, 3.05) is 13.2 Å². The average Bonchev–Trinajstić information content (AvgIpc) is 3.20. The maximum absolute atomic E-state index is 12.7. The van der Waals surface area contributed by atoms with E-state index >= 15 is 0 Å². The normalized spacial score (nSPS) is 17.8. The van der Waals surface area contributed by atoms with Crippen LogP contribution in [0.15, 0.2) is 30.5 Å². The van der Waals surface area contributed by atoms with E-state index in [9.17, 15) is 9.59 Å². The molecule has 1 aromatic heterocycles. The van der Waals surface area contributed by atoms with Gasteiger partial charge < -0.3 is 14.6 Å². The number of ketones is 1. The number of ether oxygens (including phenoxy) is 1. The van der Waals surface area contributed by atoms with Gasteiger partial charge in [0, 0.05) is 41.2 Å². The standard InChI is InChI=1S/C20H26N2O3/c1-20(2,3)19(24)16-12-22(17-9-5-4-8-15(16)17)13-18(23)21-11-14-7-6-10-25-14/h4-5,8-9,12,14H,6-7,10-11,13H2,1-3H3,(H,21,23)/t14-/m0/s1. The van der Waals surface area contributed by atoms with Gasteiger partial charge in [0.05, 0.1) is 6.10 Å². The monoisotopic (exact) mass is 342 g/mol. The maximum atomic E-state index is 12.7. The summed E-state index contributed by atoms with van der Waals surface area (Å²) in [6, 6.07) is 7.73. The van der Waals surface area contributed by atoms with Gasteiger partial charge >= 0.3 is 0 Å². The molecule has 0 spiro atoms. The van der Waals surface area contributed by atoms with E-state index in [1.54, 1.807) is 0 Å². The number of hydrogen-bond donors (Lipinski definition) is 1. The van der Waals surface area contributed by atoms with E-state index in [2.05, 4.69) is 5.32 Å². The summed E-state index contributed by atoms with van der Waals surface area (Å²) in [5, 5.41) is 3.83. The van der Waals surface area contributed by atoms with Crippen LogP contribution in [0.5, 0.6) is 0 Å². The van der Waals surface area contributed by atoms with Crippen LogP contribution in [0.4, 0.5) is 0 Å². The van der Waals surface area contributed by atoms with Crippen molar-refractivity contribution in [1.82, 2.24) is 9.88 Å². The van der Waals surface area contributed by atoms with E-state index in [1.165, 1.54) is 0 Å². The van der Waals surface area contributed by atoms with Crippen LogP contribution in [0.2, 0.25) is 0 Å². The van der Waals surface area contributed by atoms with Gasteiger partial charge in [0.25, 0.3) is 0 Å². The molecule has 1 atom stereocenters. The molecule has 0 bridgehead atoms. The Morgan fingerprint density at radius 3 is 2.72 bits per heavy atom. The zero-order valence-corrected chi connectivity index (χ0v) is 15.2. The quantitative estimate of drug-likeness (QED) is 0.849. The molecule has 0 saturated carbocycles. The first-order valence-electron chi connectivity index (χ1n) is 8.87. The predicted octanol–water partition coefficient (Wildman–Crippen LogP) is 3.17. The van der Waals surface area contributed by atoms with E-state index in [-0.39, 0.29) is 24.3 Å². The minimum absolute atomic E-state index is 0.0639. The minimum Gasteiger partial charge on any atom is -0.376 e. The third-order valence-corrected chi connectivity index (χ3v) is 4.58. The number of carbonyl (C=O) groups excluding carboxylic acids is 2. The van der Waals surface area contributed by atoms with Crippen LogP contribution in [0.1, 0.15) is 44.0 Å². The molecule has 1 saturated heterocycles. The van der Waals surface area contributed by atoms with Crippen molar-refractivity contribution in [3.63, 3.8) is 0 Å². The Hall–Kier alpha value is -2.14. The number of carbonyl (C=O) groups is 2. The molecular weight excluding hydrogens is 316 g/mol. The molecule has 0 unspecified atom stereocenters. The molecule has 1 aliphatic heterocycles. The molecule has 5 nitrogen and oxygen atoms in total. The Kier molecular flexibility index (Phi) is 4.95. The zero-order valence-electron chi connectivity index (χ0n) is 15.2. The van der Waals surface area contributed by atoms with Crippen LogP contribution in [-0.4, -0.2) is 35.5 Å². The van der Waals surface area contributed by atoms with Gasteiger partial charge in [-0.15, -0.1) is 0 Å². The largest absolute Gasteiger partial charge is 0.376 e. The molecule has 1 aromatic carbocycles. The average molecular weight is 342 g/mol. The molecular formula is C20H26N2O3. The highest BCUT2D eigenvalue weighted by molar-refractivity contribution is 6.10. The van der Waals surface area contributed by atoms with E-state index in [0.717, 1.165) is 30.4 Å². The van der Waals surface area contributed by atoms with Crippen molar-refractivity contribution in [2.45, 2.75) is 46.3 Å². The number of fused-ring (bicyclic) bond motifs is 1. The van der Waals surface area contributed by atoms with Crippen LogP contribution >= 0.6 is 0 Å². The van der Waals surface area contributed by atoms with Gasteiger partial charge in [-0.25, -0.2) is 0 Å². The van der Waals surface area contributed by atoms with E-state index in [1.807, 2.05) is 55.8 Å². The molecule has 1 N–H and O–H groups in total. The highest BCUT2D eigenvalue weighted by Crippen LogP contribution is 2.28. The van der Waals surface area contributed by atoms with Crippen LogP contribution < -0.4 is 5.32 Å².